The lowest BCUT2D eigenvalue weighted by Gasteiger charge is -2.08. The summed E-state index contributed by atoms with van der Waals surface area (Å²) in [6, 6.07) is 5.95. The van der Waals surface area contributed by atoms with Crippen LogP contribution in [-0.4, -0.2) is 13.6 Å². The van der Waals surface area contributed by atoms with E-state index in [1.54, 1.807) is 12.1 Å². The van der Waals surface area contributed by atoms with E-state index in [1.165, 1.54) is 18.4 Å². The van der Waals surface area contributed by atoms with Crippen LogP contribution in [0.1, 0.15) is 5.69 Å². The molecule has 8 heteroatoms. The monoisotopic (exact) mass is 268 g/mol. The zero-order valence-corrected chi connectivity index (χ0v) is 10.1. The highest BCUT2D eigenvalue weighted by Gasteiger charge is 2.10. The first-order valence-electron chi connectivity index (χ1n) is 5.02. The lowest BCUT2D eigenvalue weighted by Crippen LogP contribution is -2.13. The molecule has 0 atom stereocenters. The molecular weight excluding hydrogens is 256 g/mol. The number of benzene rings is 1. The third-order valence-electron chi connectivity index (χ3n) is 2.30. The molecule has 0 amide bonds. The zero-order chi connectivity index (χ0) is 13.2. The van der Waals surface area contributed by atoms with Crippen LogP contribution >= 0.6 is 0 Å². The predicted octanol–water partition coefficient (Wildman–Crippen LogP) is 0.516. The van der Waals surface area contributed by atoms with Crippen molar-refractivity contribution in [2.75, 3.05) is 11.1 Å². The van der Waals surface area contributed by atoms with Crippen molar-refractivity contribution in [2.24, 2.45) is 5.14 Å². The molecule has 1 aromatic carbocycles. The standard InChI is InChI=1S/C10H12N4O3S/c11-9-5-8(18(12,15)16)1-2-10(9)13-6-7-3-4-17-14-7/h1-5,13H,6,11H2,(H2,12,15,16). The minimum absolute atomic E-state index is 0.0213. The molecular formula is C10H12N4O3S. The van der Waals surface area contributed by atoms with Crippen LogP contribution in [0.5, 0.6) is 0 Å². The largest absolute Gasteiger partial charge is 0.397 e. The van der Waals surface area contributed by atoms with Gasteiger partial charge in [-0.3, -0.25) is 0 Å². The van der Waals surface area contributed by atoms with Crippen molar-refractivity contribution >= 4 is 21.4 Å². The summed E-state index contributed by atoms with van der Waals surface area (Å²) in [5.41, 5.74) is 7.34. The Morgan fingerprint density at radius 2 is 2.11 bits per heavy atom. The summed E-state index contributed by atoms with van der Waals surface area (Å²) in [4.78, 5) is -0.0213. The molecule has 0 bridgehead atoms. The predicted molar refractivity (Wildman–Crippen MR) is 66.1 cm³/mol. The normalized spacial score (nSPS) is 11.4. The molecule has 0 aliphatic carbocycles. The van der Waals surface area contributed by atoms with Crippen molar-refractivity contribution in [3.8, 4) is 0 Å². The Balaban J connectivity index is 2.15. The average Bonchev–Trinajstić information content (AvgIpc) is 2.79. The van der Waals surface area contributed by atoms with E-state index in [0.29, 0.717) is 23.6 Å². The van der Waals surface area contributed by atoms with E-state index in [9.17, 15) is 8.42 Å². The molecule has 0 radical (unpaired) electrons. The number of hydrogen-bond donors (Lipinski definition) is 3. The van der Waals surface area contributed by atoms with E-state index in [4.69, 9.17) is 10.9 Å². The summed E-state index contributed by atoms with van der Waals surface area (Å²) in [6.07, 6.45) is 1.46. The van der Waals surface area contributed by atoms with Gasteiger partial charge in [-0.25, -0.2) is 13.6 Å². The molecule has 0 saturated heterocycles. The Morgan fingerprint density at radius 1 is 1.33 bits per heavy atom. The van der Waals surface area contributed by atoms with Gasteiger partial charge in [0.15, 0.2) is 0 Å². The van der Waals surface area contributed by atoms with Crippen LogP contribution in [-0.2, 0) is 16.6 Å². The van der Waals surface area contributed by atoms with Gasteiger partial charge < -0.3 is 15.6 Å². The van der Waals surface area contributed by atoms with E-state index < -0.39 is 10.0 Å². The molecule has 0 aliphatic heterocycles. The minimum atomic E-state index is -3.74. The number of rotatable bonds is 4. The summed E-state index contributed by atoms with van der Waals surface area (Å²) in [6.45, 7) is 0.426. The molecule has 0 spiro atoms. The van der Waals surface area contributed by atoms with Gasteiger partial charge in [-0.15, -0.1) is 0 Å². The fourth-order valence-corrected chi connectivity index (χ4v) is 1.94. The molecule has 0 unspecified atom stereocenters. The Bertz CT molecular complexity index is 637. The minimum Gasteiger partial charge on any atom is -0.397 e. The van der Waals surface area contributed by atoms with Crippen LogP contribution in [0.3, 0.4) is 0 Å². The summed E-state index contributed by atoms with van der Waals surface area (Å²) < 4.78 is 26.9. The molecule has 96 valence electrons. The fourth-order valence-electron chi connectivity index (χ4n) is 1.39. The Morgan fingerprint density at radius 3 is 2.67 bits per heavy atom. The maximum atomic E-state index is 11.1. The fraction of sp³-hybridized carbons (Fsp3) is 0.100. The molecule has 18 heavy (non-hydrogen) atoms. The van der Waals surface area contributed by atoms with Gasteiger partial charge in [-0.1, -0.05) is 5.16 Å². The van der Waals surface area contributed by atoms with E-state index >= 15 is 0 Å². The third-order valence-corrected chi connectivity index (χ3v) is 3.21. The topological polar surface area (TPSA) is 124 Å². The lowest BCUT2D eigenvalue weighted by atomic mass is 10.2. The van der Waals surface area contributed by atoms with Gasteiger partial charge in [0.25, 0.3) is 0 Å². The van der Waals surface area contributed by atoms with Crippen LogP contribution in [0.2, 0.25) is 0 Å². The highest BCUT2D eigenvalue weighted by Crippen LogP contribution is 2.22. The number of sulfonamides is 1. The van der Waals surface area contributed by atoms with Crippen molar-refractivity contribution in [1.29, 1.82) is 0 Å². The van der Waals surface area contributed by atoms with E-state index in [2.05, 4.69) is 15.0 Å². The first-order chi connectivity index (χ1) is 8.47. The van der Waals surface area contributed by atoms with Crippen LogP contribution < -0.4 is 16.2 Å². The second kappa shape index (κ2) is 4.67. The quantitative estimate of drug-likeness (QED) is 0.694. The van der Waals surface area contributed by atoms with Crippen LogP contribution in [0.15, 0.2) is 39.9 Å². The second-order valence-corrected chi connectivity index (χ2v) is 5.20. The highest BCUT2D eigenvalue weighted by atomic mass is 32.2. The van der Waals surface area contributed by atoms with Crippen molar-refractivity contribution in [1.82, 2.24) is 5.16 Å². The zero-order valence-electron chi connectivity index (χ0n) is 9.33. The number of nitrogen functional groups attached to an aromatic ring is 1. The third kappa shape index (κ3) is 2.79. The Hall–Kier alpha value is -2.06. The number of nitrogens with one attached hydrogen (secondary N) is 1. The van der Waals surface area contributed by atoms with E-state index in [-0.39, 0.29) is 4.90 Å². The summed E-state index contributed by atoms with van der Waals surface area (Å²) in [5, 5.41) is 11.7. The molecule has 0 saturated carbocycles. The van der Waals surface area contributed by atoms with E-state index in [0.717, 1.165) is 0 Å². The molecule has 0 aliphatic rings. The van der Waals surface area contributed by atoms with Gasteiger partial charge in [-0.05, 0) is 18.2 Å². The van der Waals surface area contributed by atoms with Crippen molar-refractivity contribution < 1.29 is 12.9 Å². The molecule has 1 heterocycles. The number of anilines is 2. The van der Waals surface area contributed by atoms with Crippen LogP contribution in [0.4, 0.5) is 11.4 Å². The summed E-state index contributed by atoms with van der Waals surface area (Å²) in [5.74, 6) is 0. The maximum Gasteiger partial charge on any atom is 0.238 e. The molecule has 7 nitrogen and oxygen atoms in total. The lowest BCUT2D eigenvalue weighted by molar-refractivity contribution is 0.412. The first kappa shape index (κ1) is 12.4. The van der Waals surface area contributed by atoms with Gasteiger partial charge in [0.1, 0.15) is 12.0 Å². The maximum absolute atomic E-state index is 11.1. The van der Waals surface area contributed by atoms with Gasteiger partial charge in [0.2, 0.25) is 10.0 Å². The molecule has 1 aromatic heterocycles. The SMILES string of the molecule is Nc1cc(S(N)(=O)=O)ccc1NCc1ccon1. The number of aromatic nitrogens is 1. The first-order valence-corrected chi connectivity index (χ1v) is 6.57. The smallest absolute Gasteiger partial charge is 0.238 e. The molecule has 2 rings (SSSR count). The van der Waals surface area contributed by atoms with E-state index in [1.807, 2.05) is 0 Å². The highest BCUT2D eigenvalue weighted by molar-refractivity contribution is 7.89. The summed E-state index contributed by atoms with van der Waals surface area (Å²) in [7, 11) is -3.74. The number of primary sulfonamides is 1. The number of nitrogens with two attached hydrogens (primary N) is 2. The average molecular weight is 268 g/mol. The van der Waals surface area contributed by atoms with Gasteiger partial charge in [0, 0.05) is 6.07 Å². The van der Waals surface area contributed by atoms with Gasteiger partial charge in [0.05, 0.1) is 22.8 Å². The Kier molecular flexibility index (Phi) is 3.21. The summed E-state index contributed by atoms with van der Waals surface area (Å²) >= 11 is 0. The molecule has 0 fully saturated rings. The van der Waals surface area contributed by atoms with Gasteiger partial charge in [-0.2, -0.15) is 0 Å². The molecule has 5 N–H and O–H groups in total. The van der Waals surface area contributed by atoms with Crippen molar-refractivity contribution in [3.05, 3.63) is 36.2 Å². The molecule has 2 aromatic rings. The van der Waals surface area contributed by atoms with Crippen molar-refractivity contribution in [3.63, 3.8) is 0 Å². The second-order valence-electron chi connectivity index (χ2n) is 3.64. The van der Waals surface area contributed by atoms with Crippen molar-refractivity contribution in [2.45, 2.75) is 11.4 Å². The number of nitrogens with zero attached hydrogens (tertiary/aromatic N) is 1. The number of hydrogen-bond acceptors (Lipinski definition) is 6. The van der Waals surface area contributed by atoms with Crippen LogP contribution in [0, 0.1) is 0 Å². The van der Waals surface area contributed by atoms with Gasteiger partial charge >= 0.3 is 0 Å². The Labute approximate surface area is 104 Å². The van der Waals surface area contributed by atoms with Crippen LogP contribution in [0.25, 0.3) is 0 Å².